The summed E-state index contributed by atoms with van der Waals surface area (Å²) in [5, 5.41) is 10.2. The van der Waals surface area contributed by atoms with Gasteiger partial charge in [-0.05, 0) is 31.2 Å². The van der Waals surface area contributed by atoms with Gasteiger partial charge in [0.1, 0.15) is 0 Å². The average molecular weight is 311 g/mol. The molecule has 0 fully saturated rings. The predicted molar refractivity (Wildman–Crippen MR) is 79.3 cm³/mol. The molecule has 0 spiro atoms. The summed E-state index contributed by atoms with van der Waals surface area (Å²) in [6.45, 7) is 1.84. The number of aryl methyl sites for hydroxylation is 1. The average Bonchev–Trinajstić information content (AvgIpc) is 2.37. The Morgan fingerprint density at radius 3 is 2.60 bits per heavy atom. The minimum Gasteiger partial charge on any atom is -0.478 e. The van der Waals surface area contributed by atoms with Gasteiger partial charge in [0.15, 0.2) is 0 Å². The number of benzene rings is 1. The van der Waals surface area contributed by atoms with Crippen LogP contribution in [-0.2, 0) is 6.54 Å². The van der Waals surface area contributed by atoms with Crippen molar-refractivity contribution in [1.82, 2.24) is 4.98 Å². The molecule has 20 heavy (non-hydrogen) atoms. The number of nitrogens with zero attached hydrogens (tertiary/aromatic N) is 1. The van der Waals surface area contributed by atoms with Gasteiger partial charge >= 0.3 is 5.97 Å². The maximum atomic E-state index is 11.3. The summed E-state index contributed by atoms with van der Waals surface area (Å²) in [5.74, 6) is -1.04. The molecule has 0 saturated heterocycles. The highest BCUT2D eigenvalue weighted by molar-refractivity contribution is 6.36. The Morgan fingerprint density at radius 1 is 1.35 bits per heavy atom. The van der Waals surface area contributed by atoms with Gasteiger partial charge in [0.25, 0.3) is 0 Å². The van der Waals surface area contributed by atoms with Crippen molar-refractivity contribution in [3.63, 3.8) is 0 Å². The van der Waals surface area contributed by atoms with E-state index in [0.29, 0.717) is 32.6 Å². The van der Waals surface area contributed by atoms with Gasteiger partial charge in [-0.2, -0.15) is 0 Å². The van der Waals surface area contributed by atoms with Crippen molar-refractivity contribution in [1.29, 1.82) is 0 Å². The van der Waals surface area contributed by atoms with Crippen LogP contribution in [0.3, 0.4) is 0 Å². The van der Waals surface area contributed by atoms with Crippen molar-refractivity contribution in [3.8, 4) is 11.3 Å². The molecule has 4 nitrogen and oxygen atoms in total. The molecule has 0 aliphatic rings. The Balaban J connectivity index is 2.66. The van der Waals surface area contributed by atoms with Gasteiger partial charge in [-0.1, -0.05) is 23.2 Å². The highest BCUT2D eigenvalue weighted by Crippen LogP contribution is 2.30. The molecule has 0 aliphatic carbocycles. The van der Waals surface area contributed by atoms with E-state index in [9.17, 15) is 9.90 Å². The first-order chi connectivity index (χ1) is 9.43. The van der Waals surface area contributed by atoms with E-state index in [1.165, 1.54) is 6.07 Å². The van der Waals surface area contributed by atoms with Gasteiger partial charge in [-0.15, -0.1) is 0 Å². The van der Waals surface area contributed by atoms with Gasteiger partial charge in [-0.3, -0.25) is 4.98 Å². The fourth-order valence-corrected chi connectivity index (χ4v) is 2.49. The maximum absolute atomic E-state index is 11.3. The molecule has 0 atom stereocenters. The van der Waals surface area contributed by atoms with Crippen LogP contribution in [0.2, 0.25) is 10.0 Å². The molecule has 0 amide bonds. The van der Waals surface area contributed by atoms with Crippen LogP contribution in [0.5, 0.6) is 0 Å². The molecule has 0 bridgehead atoms. The molecule has 0 radical (unpaired) electrons. The summed E-state index contributed by atoms with van der Waals surface area (Å²) in [4.78, 5) is 15.7. The summed E-state index contributed by atoms with van der Waals surface area (Å²) in [6, 6.07) is 6.46. The van der Waals surface area contributed by atoms with E-state index in [2.05, 4.69) is 4.98 Å². The molecule has 1 aromatic carbocycles. The van der Waals surface area contributed by atoms with E-state index >= 15 is 0 Å². The predicted octanol–water partition coefficient (Wildman–Crippen LogP) is 3.52. The summed E-state index contributed by atoms with van der Waals surface area (Å²) in [5.41, 5.74) is 7.93. The van der Waals surface area contributed by atoms with E-state index in [1.807, 2.05) is 0 Å². The Bertz CT molecular complexity index is 687. The molecular weight excluding hydrogens is 299 g/mol. The number of carboxylic acid groups (broad SMARTS) is 1. The van der Waals surface area contributed by atoms with Crippen LogP contribution in [-0.4, -0.2) is 16.1 Å². The molecule has 0 unspecified atom stereocenters. The molecule has 104 valence electrons. The van der Waals surface area contributed by atoms with Crippen molar-refractivity contribution in [2.24, 2.45) is 5.73 Å². The van der Waals surface area contributed by atoms with Crippen LogP contribution in [0.25, 0.3) is 11.3 Å². The van der Waals surface area contributed by atoms with E-state index in [-0.39, 0.29) is 12.1 Å². The second kappa shape index (κ2) is 5.79. The zero-order valence-electron chi connectivity index (χ0n) is 10.7. The zero-order valence-corrected chi connectivity index (χ0v) is 12.2. The maximum Gasteiger partial charge on any atom is 0.336 e. The van der Waals surface area contributed by atoms with Crippen molar-refractivity contribution in [2.75, 3.05) is 0 Å². The number of aromatic nitrogens is 1. The monoisotopic (exact) mass is 310 g/mol. The van der Waals surface area contributed by atoms with Crippen LogP contribution >= 0.6 is 23.2 Å². The van der Waals surface area contributed by atoms with E-state index in [4.69, 9.17) is 28.9 Å². The Morgan fingerprint density at radius 2 is 2.05 bits per heavy atom. The van der Waals surface area contributed by atoms with Crippen LogP contribution in [0.4, 0.5) is 0 Å². The standard InChI is InChI=1S/C14H12Cl2N2O2/c1-7-11(6-17)10(14(19)20)5-13(18-7)9-3-2-8(15)4-12(9)16/h2-5H,6,17H2,1H3,(H,19,20). The van der Waals surface area contributed by atoms with Crippen LogP contribution in [0, 0.1) is 6.92 Å². The number of carboxylic acids is 1. The van der Waals surface area contributed by atoms with Gasteiger partial charge in [0.2, 0.25) is 0 Å². The Kier molecular flexibility index (Phi) is 4.28. The van der Waals surface area contributed by atoms with Gasteiger partial charge < -0.3 is 10.8 Å². The Labute approximate surface area is 126 Å². The lowest BCUT2D eigenvalue weighted by atomic mass is 10.0. The number of rotatable bonds is 3. The number of hydrogen-bond acceptors (Lipinski definition) is 3. The SMILES string of the molecule is Cc1nc(-c2ccc(Cl)cc2Cl)cc(C(=O)O)c1CN. The second-order valence-electron chi connectivity index (χ2n) is 4.25. The highest BCUT2D eigenvalue weighted by Gasteiger charge is 2.16. The van der Waals surface area contributed by atoms with Crippen molar-refractivity contribution >= 4 is 29.2 Å². The third kappa shape index (κ3) is 2.77. The third-order valence-electron chi connectivity index (χ3n) is 2.97. The first-order valence-corrected chi connectivity index (χ1v) is 6.59. The molecule has 2 rings (SSSR count). The molecular formula is C14H12Cl2N2O2. The molecule has 0 aliphatic heterocycles. The van der Waals surface area contributed by atoms with E-state index in [0.717, 1.165) is 0 Å². The molecule has 1 aromatic heterocycles. The number of carbonyl (C=O) groups is 1. The van der Waals surface area contributed by atoms with Crippen LogP contribution in [0.1, 0.15) is 21.6 Å². The summed E-state index contributed by atoms with van der Waals surface area (Å²) < 4.78 is 0. The van der Waals surface area contributed by atoms with E-state index < -0.39 is 5.97 Å². The number of halogens is 2. The lowest BCUT2D eigenvalue weighted by molar-refractivity contribution is 0.0695. The first-order valence-electron chi connectivity index (χ1n) is 5.83. The quantitative estimate of drug-likeness (QED) is 0.909. The molecule has 6 heteroatoms. The third-order valence-corrected chi connectivity index (χ3v) is 3.52. The zero-order chi connectivity index (χ0) is 14.9. The normalized spacial score (nSPS) is 10.6. The molecule has 2 aromatic rings. The number of hydrogen-bond donors (Lipinski definition) is 2. The number of pyridine rings is 1. The minimum atomic E-state index is -1.04. The lowest BCUT2D eigenvalue weighted by Crippen LogP contribution is -2.11. The smallest absolute Gasteiger partial charge is 0.336 e. The van der Waals surface area contributed by atoms with Gasteiger partial charge in [0, 0.05) is 28.4 Å². The largest absolute Gasteiger partial charge is 0.478 e. The second-order valence-corrected chi connectivity index (χ2v) is 5.10. The fourth-order valence-electron chi connectivity index (χ4n) is 1.98. The topological polar surface area (TPSA) is 76.2 Å². The minimum absolute atomic E-state index is 0.120. The summed E-state index contributed by atoms with van der Waals surface area (Å²) in [6.07, 6.45) is 0. The molecule has 3 N–H and O–H groups in total. The Hall–Kier alpha value is -1.62. The van der Waals surface area contributed by atoms with Crippen molar-refractivity contribution in [3.05, 3.63) is 51.1 Å². The van der Waals surface area contributed by atoms with Gasteiger partial charge in [-0.25, -0.2) is 4.79 Å². The van der Waals surface area contributed by atoms with Gasteiger partial charge in [0.05, 0.1) is 16.3 Å². The highest BCUT2D eigenvalue weighted by atomic mass is 35.5. The first kappa shape index (κ1) is 14.8. The van der Waals surface area contributed by atoms with Crippen molar-refractivity contribution in [2.45, 2.75) is 13.5 Å². The fraction of sp³-hybridized carbons (Fsp3) is 0.143. The molecule has 1 heterocycles. The van der Waals surface area contributed by atoms with Crippen LogP contribution < -0.4 is 5.73 Å². The van der Waals surface area contributed by atoms with E-state index in [1.54, 1.807) is 25.1 Å². The van der Waals surface area contributed by atoms with Crippen LogP contribution in [0.15, 0.2) is 24.3 Å². The number of nitrogens with two attached hydrogens (primary N) is 1. The number of aromatic carboxylic acids is 1. The van der Waals surface area contributed by atoms with Crippen molar-refractivity contribution < 1.29 is 9.90 Å². The lowest BCUT2D eigenvalue weighted by Gasteiger charge is -2.11. The summed E-state index contributed by atoms with van der Waals surface area (Å²) >= 11 is 12.0. The summed E-state index contributed by atoms with van der Waals surface area (Å²) in [7, 11) is 0. The molecule has 0 saturated carbocycles.